The zero-order valence-electron chi connectivity index (χ0n) is 10.3. The summed E-state index contributed by atoms with van der Waals surface area (Å²) in [5, 5.41) is 3.14. The van der Waals surface area contributed by atoms with Crippen LogP contribution in [0, 0.1) is 5.82 Å². The highest BCUT2D eigenvalue weighted by Crippen LogP contribution is 2.18. The highest BCUT2D eigenvalue weighted by Gasteiger charge is 2.10. The Morgan fingerprint density at radius 3 is 2.79 bits per heavy atom. The molecule has 0 amide bonds. The first-order valence-corrected chi connectivity index (χ1v) is 6.31. The lowest BCUT2D eigenvalue weighted by Crippen LogP contribution is -2.16. The Morgan fingerprint density at radius 2 is 2.11 bits per heavy atom. The third-order valence-electron chi connectivity index (χ3n) is 2.68. The molecule has 2 rings (SSSR count). The smallest absolute Gasteiger partial charge is 0.135 e. The van der Waals surface area contributed by atoms with E-state index in [4.69, 9.17) is 18.0 Å². The summed E-state index contributed by atoms with van der Waals surface area (Å²) in [5.74, 6) is -0.407. The molecule has 0 radical (unpaired) electrons. The Bertz CT molecular complexity index is 572. The largest absolute Gasteiger partial charge is 0.389 e. The van der Waals surface area contributed by atoms with E-state index in [1.165, 1.54) is 6.07 Å². The monoisotopic (exact) mass is 275 g/mol. The van der Waals surface area contributed by atoms with Crippen LogP contribution in [-0.4, -0.2) is 16.5 Å². The van der Waals surface area contributed by atoms with Gasteiger partial charge >= 0.3 is 0 Å². The zero-order valence-corrected chi connectivity index (χ0v) is 11.1. The van der Waals surface area contributed by atoms with Gasteiger partial charge in [-0.05, 0) is 24.3 Å². The van der Waals surface area contributed by atoms with Gasteiger partial charge in [-0.3, -0.25) is 4.98 Å². The molecule has 0 unspecified atom stereocenters. The molecule has 0 aliphatic carbocycles. The Kier molecular flexibility index (Phi) is 4.41. The van der Waals surface area contributed by atoms with Crippen molar-refractivity contribution in [3.05, 3.63) is 59.7 Å². The average Bonchev–Trinajstić information content (AvgIpc) is 2.39. The number of rotatable bonds is 5. The summed E-state index contributed by atoms with van der Waals surface area (Å²) in [4.78, 5) is 4.27. The van der Waals surface area contributed by atoms with E-state index in [1.54, 1.807) is 18.3 Å². The van der Waals surface area contributed by atoms with Gasteiger partial charge in [0.25, 0.3) is 0 Å². The summed E-state index contributed by atoms with van der Waals surface area (Å²) in [5.41, 5.74) is 7.39. The first-order chi connectivity index (χ1) is 9.18. The summed E-state index contributed by atoms with van der Waals surface area (Å²) in [6.45, 7) is 0.635. The van der Waals surface area contributed by atoms with Gasteiger partial charge in [-0.15, -0.1) is 0 Å². The summed E-state index contributed by atoms with van der Waals surface area (Å²) >= 11 is 4.87. The molecule has 0 saturated carbocycles. The molecule has 0 fully saturated rings. The third-order valence-corrected chi connectivity index (χ3v) is 2.89. The molecule has 5 heteroatoms. The highest BCUT2D eigenvalue weighted by atomic mass is 32.1. The van der Waals surface area contributed by atoms with Crippen LogP contribution in [0.25, 0.3) is 0 Å². The number of halogens is 1. The molecule has 1 aromatic heterocycles. The van der Waals surface area contributed by atoms with Crippen molar-refractivity contribution in [2.75, 3.05) is 11.9 Å². The molecule has 1 aromatic carbocycles. The van der Waals surface area contributed by atoms with Crippen LogP contribution in [0.15, 0.2) is 42.6 Å². The van der Waals surface area contributed by atoms with Crippen LogP contribution in [0.4, 0.5) is 10.1 Å². The fourth-order valence-electron chi connectivity index (χ4n) is 1.79. The maximum Gasteiger partial charge on any atom is 0.135 e. The molecule has 0 saturated heterocycles. The van der Waals surface area contributed by atoms with Gasteiger partial charge in [0.1, 0.15) is 10.8 Å². The number of anilines is 1. The summed E-state index contributed by atoms with van der Waals surface area (Å²) in [6, 6.07) is 10.5. The second-order valence-corrected chi connectivity index (χ2v) is 4.46. The lowest BCUT2D eigenvalue weighted by Gasteiger charge is -2.11. The van der Waals surface area contributed by atoms with Crippen molar-refractivity contribution in [2.45, 2.75) is 6.42 Å². The lowest BCUT2D eigenvalue weighted by atomic mass is 10.1. The van der Waals surface area contributed by atoms with E-state index in [2.05, 4.69) is 10.3 Å². The van der Waals surface area contributed by atoms with Gasteiger partial charge < -0.3 is 11.1 Å². The second-order valence-electron chi connectivity index (χ2n) is 4.02. The van der Waals surface area contributed by atoms with Crippen molar-refractivity contribution in [3.63, 3.8) is 0 Å². The van der Waals surface area contributed by atoms with Crippen molar-refractivity contribution in [1.82, 2.24) is 4.98 Å². The minimum absolute atomic E-state index is 0.0541. The average molecular weight is 275 g/mol. The van der Waals surface area contributed by atoms with Gasteiger partial charge in [0.05, 0.1) is 5.56 Å². The molecule has 0 spiro atoms. The van der Waals surface area contributed by atoms with Crippen LogP contribution in [0.1, 0.15) is 11.3 Å². The van der Waals surface area contributed by atoms with Crippen molar-refractivity contribution < 1.29 is 4.39 Å². The fourth-order valence-corrected chi connectivity index (χ4v) is 2.00. The quantitative estimate of drug-likeness (QED) is 0.823. The molecule has 0 aliphatic rings. The number of nitrogens with zero attached hydrogens (tertiary/aromatic N) is 1. The van der Waals surface area contributed by atoms with E-state index < -0.39 is 5.82 Å². The molecule has 0 bridgehead atoms. The molecule has 2 aromatic rings. The van der Waals surface area contributed by atoms with E-state index in [0.717, 1.165) is 12.1 Å². The molecule has 98 valence electrons. The second kappa shape index (κ2) is 6.24. The third kappa shape index (κ3) is 3.48. The number of pyridine rings is 1. The van der Waals surface area contributed by atoms with E-state index in [1.807, 2.05) is 18.2 Å². The van der Waals surface area contributed by atoms with Crippen molar-refractivity contribution in [3.8, 4) is 0 Å². The Labute approximate surface area is 116 Å². The van der Waals surface area contributed by atoms with Crippen LogP contribution in [0.2, 0.25) is 0 Å². The summed E-state index contributed by atoms with van der Waals surface area (Å²) in [7, 11) is 0. The predicted octanol–water partition coefficient (Wildman–Crippen LogP) is 2.51. The minimum Gasteiger partial charge on any atom is -0.389 e. The van der Waals surface area contributed by atoms with Gasteiger partial charge in [-0.1, -0.05) is 24.4 Å². The standard InChI is InChI=1S/C14H14FN3S/c15-11-5-3-6-12(13(11)14(16)19)18-9-7-10-4-1-2-8-17-10/h1-6,8,18H,7,9H2,(H2,16,19). The van der Waals surface area contributed by atoms with Crippen LogP contribution in [0.5, 0.6) is 0 Å². The zero-order chi connectivity index (χ0) is 13.7. The maximum atomic E-state index is 13.6. The fraction of sp³-hybridized carbons (Fsp3) is 0.143. The highest BCUT2D eigenvalue weighted by molar-refractivity contribution is 7.80. The molecule has 0 aliphatic heterocycles. The van der Waals surface area contributed by atoms with E-state index in [0.29, 0.717) is 12.2 Å². The van der Waals surface area contributed by atoms with Gasteiger partial charge in [0.15, 0.2) is 0 Å². The van der Waals surface area contributed by atoms with Gasteiger partial charge in [-0.25, -0.2) is 4.39 Å². The molecular weight excluding hydrogens is 261 g/mol. The van der Waals surface area contributed by atoms with E-state index in [9.17, 15) is 4.39 Å². The predicted molar refractivity (Wildman–Crippen MR) is 78.7 cm³/mol. The topological polar surface area (TPSA) is 50.9 Å². The summed E-state index contributed by atoms with van der Waals surface area (Å²) in [6.07, 6.45) is 2.49. The first-order valence-electron chi connectivity index (χ1n) is 5.90. The Hall–Kier alpha value is -2.01. The number of benzene rings is 1. The van der Waals surface area contributed by atoms with Gasteiger partial charge in [0, 0.05) is 30.5 Å². The van der Waals surface area contributed by atoms with E-state index in [-0.39, 0.29) is 10.6 Å². The normalized spacial score (nSPS) is 10.2. The molecule has 3 N–H and O–H groups in total. The number of nitrogens with one attached hydrogen (secondary N) is 1. The van der Waals surface area contributed by atoms with Crippen molar-refractivity contribution in [2.24, 2.45) is 5.73 Å². The van der Waals surface area contributed by atoms with Crippen LogP contribution < -0.4 is 11.1 Å². The molecule has 1 heterocycles. The maximum absolute atomic E-state index is 13.6. The van der Waals surface area contributed by atoms with Gasteiger partial charge in [0.2, 0.25) is 0 Å². The summed E-state index contributed by atoms with van der Waals surface area (Å²) < 4.78 is 13.6. The van der Waals surface area contributed by atoms with Crippen LogP contribution >= 0.6 is 12.2 Å². The number of aromatic nitrogens is 1. The van der Waals surface area contributed by atoms with E-state index >= 15 is 0 Å². The lowest BCUT2D eigenvalue weighted by molar-refractivity contribution is 0.626. The van der Waals surface area contributed by atoms with Crippen molar-refractivity contribution in [1.29, 1.82) is 0 Å². The minimum atomic E-state index is -0.407. The first kappa shape index (κ1) is 13.4. The molecule has 0 atom stereocenters. The molecule has 3 nitrogen and oxygen atoms in total. The number of hydrogen-bond acceptors (Lipinski definition) is 3. The number of nitrogens with two attached hydrogens (primary N) is 1. The Balaban J connectivity index is 2.04. The SMILES string of the molecule is NC(=S)c1c(F)cccc1NCCc1ccccn1. The van der Waals surface area contributed by atoms with Crippen LogP contribution in [-0.2, 0) is 6.42 Å². The molecule has 19 heavy (non-hydrogen) atoms. The van der Waals surface area contributed by atoms with Crippen molar-refractivity contribution >= 4 is 22.9 Å². The van der Waals surface area contributed by atoms with Crippen LogP contribution in [0.3, 0.4) is 0 Å². The number of thiocarbonyl (C=S) groups is 1. The van der Waals surface area contributed by atoms with Gasteiger partial charge in [-0.2, -0.15) is 0 Å². The molecular formula is C14H14FN3S. The number of hydrogen-bond donors (Lipinski definition) is 2. The Morgan fingerprint density at radius 1 is 1.26 bits per heavy atom.